The fraction of sp³-hybridized carbons (Fsp3) is 0.0714. The van der Waals surface area contributed by atoms with E-state index in [1.54, 1.807) is 24.3 Å². The van der Waals surface area contributed by atoms with Crippen LogP contribution in [0.15, 0.2) is 53.4 Å². The summed E-state index contributed by atoms with van der Waals surface area (Å²) in [4.78, 5) is 0.280. The van der Waals surface area contributed by atoms with Gasteiger partial charge in [0.1, 0.15) is 0 Å². The van der Waals surface area contributed by atoms with Gasteiger partial charge in [0.25, 0.3) is 0 Å². The van der Waals surface area contributed by atoms with Crippen molar-refractivity contribution in [3.8, 4) is 0 Å². The van der Waals surface area contributed by atoms with Crippen LogP contribution in [-0.2, 0) is 9.84 Å². The molecule has 0 aliphatic heterocycles. The molecule has 5 nitrogen and oxygen atoms in total. The molecule has 0 radical (unpaired) electrons. The number of fused-ring (bicyclic) bond motifs is 1. The Labute approximate surface area is 116 Å². The molecule has 0 aliphatic carbocycles. The van der Waals surface area contributed by atoms with Gasteiger partial charge in [-0.05, 0) is 30.3 Å². The highest BCUT2D eigenvalue weighted by atomic mass is 32.2. The average Bonchev–Trinajstić information content (AvgIpc) is 2.82. The zero-order valence-electron chi connectivity index (χ0n) is 10.8. The average molecular weight is 287 g/mol. The lowest BCUT2D eigenvalue weighted by Gasteiger charge is -2.05. The van der Waals surface area contributed by atoms with Crippen molar-refractivity contribution in [1.29, 1.82) is 0 Å². The van der Waals surface area contributed by atoms with E-state index in [-0.39, 0.29) is 4.90 Å². The van der Waals surface area contributed by atoms with Gasteiger partial charge in [0.05, 0.1) is 10.4 Å². The van der Waals surface area contributed by atoms with E-state index >= 15 is 0 Å². The molecule has 0 amide bonds. The van der Waals surface area contributed by atoms with Gasteiger partial charge in [-0.2, -0.15) is 5.10 Å². The summed E-state index contributed by atoms with van der Waals surface area (Å²) in [6, 6.07) is 14.4. The molecule has 0 spiro atoms. The van der Waals surface area contributed by atoms with Crippen molar-refractivity contribution in [3.05, 3.63) is 48.5 Å². The zero-order valence-corrected chi connectivity index (χ0v) is 11.6. The number of benzene rings is 2. The second-order valence-corrected chi connectivity index (χ2v) is 6.56. The van der Waals surface area contributed by atoms with Crippen molar-refractivity contribution in [1.82, 2.24) is 10.2 Å². The van der Waals surface area contributed by atoms with Crippen molar-refractivity contribution >= 4 is 32.2 Å². The number of para-hydroxylation sites is 1. The monoisotopic (exact) mass is 287 g/mol. The van der Waals surface area contributed by atoms with E-state index in [9.17, 15) is 8.42 Å². The van der Waals surface area contributed by atoms with Crippen LogP contribution in [-0.4, -0.2) is 24.9 Å². The first kappa shape index (κ1) is 12.7. The second-order valence-electron chi connectivity index (χ2n) is 4.54. The first-order chi connectivity index (χ1) is 9.54. The standard InChI is InChI=1S/C14H13N3O2S/c1-20(18,19)11-6-4-5-10(9-11)15-14-12-7-2-3-8-13(12)16-17-14/h2-9H,1H3,(H2,15,16,17). The van der Waals surface area contributed by atoms with E-state index in [1.165, 1.54) is 6.26 Å². The van der Waals surface area contributed by atoms with Crippen molar-refractivity contribution < 1.29 is 8.42 Å². The smallest absolute Gasteiger partial charge is 0.175 e. The van der Waals surface area contributed by atoms with Gasteiger partial charge >= 0.3 is 0 Å². The minimum Gasteiger partial charge on any atom is -0.338 e. The van der Waals surface area contributed by atoms with Crippen molar-refractivity contribution in [2.24, 2.45) is 0 Å². The quantitative estimate of drug-likeness (QED) is 0.776. The number of H-pyrrole nitrogens is 1. The van der Waals surface area contributed by atoms with Gasteiger partial charge < -0.3 is 5.32 Å². The summed E-state index contributed by atoms with van der Waals surface area (Å²) in [6.07, 6.45) is 1.19. The minimum atomic E-state index is -3.21. The number of nitrogens with zero attached hydrogens (tertiary/aromatic N) is 1. The Morgan fingerprint density at radius 2 is 1.90 bits per heavy atom. The summed E-state index contributed by atoms with van der Waals surface area (Å²) >= 11 is 0. The molecule has 0 fully saturated rings. The fourth-order valence-electron chi connectivity index (χ4n) is 2.00. The fourth-order valence-corrected chi connectivity index (χ4v) is 2.67. The van der Waals surface area contributed by atoms with E-state index in [0.717, 1.165) is 10.9 Å². The highest BCUT2D eigenvalue weighted by Gasteiger charge is 2.09. The van der Waals surface area contributed by atoms with Crippen molar-refractivity contribution in [3.63, 3.8) is 0 Å². The molecule has 2 aromatic carbocycles. The molecule has 3 aromatic rings. The van der Waals surface area contributed by atoms with E-state index in [0.29, 0.717) is 11.5 Å². The molecule has 6 heteroatoms. The lowest BCUT2D eigenvalue weighted by molar-refractivity contribution is 0.602. The highest BCUT2D eigenvalue weighted by Crippen LogP contribution is 2.24. The van der Waals surface area contributed by atoms with Crippen LogP contribution >= 0.6 is 0 Å². The van der Waals surface area contributed by atoms with Gasteiger partial charge in [-0.15, -0.1) is 0 Å². The maximum Gasteiger partial charge on any atom is 0.175 e. The third-order valence-corrected chi connectivity index (χ3v) is 4.11. The van der Waals surface area contributed by atoms with Crippen LogP contribution < -0.4 is 5.32 Å². The summed E-state index contributed by atoms with van der Waals surface area (Å²) in [5.41, 5.74) is 1.61. The van der Waals surface area contributed by atoms with Gasteiger partial charge in [-0.3, -0.25) is 5.10 Å². The Morgan fingerprint density at radius 3 is 2.70 bits per heavy atom. The summed E-state index contributed by atoms with van der Waals surface area (Å²) in [7, 11) is -3.21. The number of nitrogens with one attached hydrogen (secondary N) is 2. The maximum absolute atomic E-state index is 11.6. The van der Waals surface area contributed by atoms with Gasteiger partial charge in [-0.25, -0.2) is 8.42 Å². The predicted molar refractivity (Wildman–Crippen MR) is 78.9 cm³/mol. The Balaban J connectivity index is 1.99. The molecular formula is C14H13N3O2S. The van der Waals surface area contributed by atoms with Crippen LogP contribution in [0.2, 0.25) is 0 Å². The van der Waals surface area contributed by atoms with E-state index in [4.69, 9.17) is 0 Å². The molecule has 0 bridgehead atoms. The maximum atomic E-state index is 11.6. The van der Waals surface area contributed by atoms with E-state index < -0.39 is 9.84 Å². The summed E-state index contributed by atoms with van der Waals surface area (Å²) in [6.45, 7) is 0. The molecule has 102 valence electrons. The number of sulfone groups is 1. The normalized spacial score (nSPS) is 11.7. The van der Waals surface area contributed by atoms with Crippen LogP contribution in [0.3, 0.4) is 0 Å². The number of anilines is 2. The molecule has 0 unspecified atom stereocenters. The zero-order chi connectivity index (χ0) is 14.2. The molecule has 3 rings (SSSR count). The SMILES string of the molecule is CS(=O)(=O)c1cccc(Nc2n[nH]c3ccccc23)c1. The summed E-state index contributed by atoms with van der Waals surface area (Å²) < 4.78 is 23.1. The van der Waals surface area contributed by atoms with Gasteiger partial charge in [0.15, 0.2) is 15.7 Å². The Hall–Kier alpha value is -2.34. The molecule has 0 saturated heterocycles. The first-order valence-corrected chi connectivity index (χ1v) is 7.93. The highest BCUT2D eigenvalue weighted by molar-refractivity contribution is 7.90. The van der Waals surface area contributed by atoms with Gasteiger partial charge in [0, 0.05) is 17.3 Å². The topological polar surface area (TPSA) is 74.8 Å². The van der Waals surface area contributed by atoms with Crippen molar-refractivity contribution in [2.45, 2.75) is 4.90 Å². The molecule has 0 atom stereocenters. The lowest BCUT2D eigenvalue weighted by Crippen LogP contribution is -1.98. The number of hydrogen-bond acceptors (Lipinski definition) is 4. The van der Waals surface area contributed by atoms with Crippen LogP contribution in [0.1, 0.15) is 0 Å². The van der Waals surface area contributed by atoms with Gasteiger partial charge in [-0.1, -0.05) is 18.2 Å². The minimum absolute atomic E-state index is 0.280. The Bertz CT molecular complexity index is 869. The lowest BCUT2D eigenvalue weighted by atomic mass is 10.2. The second kappa shape index (κ2) is 4.64. The van der Waals surface area contributed by atoms with Crippen molar-refractivity contribution in [2.75, 3.05) is 11.6 Å². The van der Waals surface area contributed by atoms with Gasteiger partial charge in [0.2, 0.25) is 0 Å². The van der Waals surface area contributed by atoms with Crippen LogP contribution in [0.5, 0.6) is 0 Å². The molecule has 0 aliphatic rings. The molecule has 1 heterocycles. The Kier molecular flexibility index (Phi) is 2.94. The van der Waals surface area contributed by atoms with E-state index in [2.05, 4.69) is 15.5 Å². The van der Waals surface area contributed by atoms with E-state index in [1.807, 2.05) is 24.3 Å². The molecule has 20 heavy (non-hydrogen) atoms. The number of rotatable bonds is 3. The third kappa shape index (κ3) is 2.37. The number of aromatic amines is 1. The molecule has 0 saturated carbocycles. The van der Waals surface area contributed by atoms with Crippen LogP contribution in [0.4, 0.5) is 11.5 Å². The third-order valence-electron chi connectivity index (χ3n) is 3.00. The molecule has 1 aromatic heterocycles. The number of hydrogen-bond donors (Lipinski definition) is 2. The first-order valence-electron chi connectivity index (χ1n) is 6.04. The predicted octanol–water partition coefficient (Wildman–Crippen LogP) is 2.71. The molecular weight excluding hydrogens is 274 g/mol. The molecule has 2 N–H and O–H groups in total. The Morgan fingerprint density at radius 1 is 1.10 bits per heavy atom. The van der Waals surface area contributed by atoms with Crippen LogP contribution in [0, 0.1) is 0 Å². The summed E-state index contributed by atoms with van der Waals surface area (Å²) in [5.74, 6) is 0.672. The summed E-state index contributed by atoms with van der Waals surface area (Å²) in [5, 5.41) is 11.2. The number of aromatic nitrogens is 2. The largest absolute Gasteiger partial charge is 0.338 e. The van der Waals surface area contributed by atoms with Crippen LogP contribution in [0.25, 0.3) is 10.9 Å².